The van der Waals surface area contributed by atoms with E-state index in [0.717, 1.165) is 5.56 Å². The number of nitrogens with zero attached hydrogens (tertiary/aromatic N) is 4. The molecule has 0 aliphatic carbocycles. The third-order valence-electron chi connectivity index (χ3n) is 5.76. The van der Waals surface area contributed by atoms with Crippen molar-refractivity contribution in [3.8, 4) is 0 Å². The van der Waals surface area contributed by atoms with E-state index in [4.69, 9.17) is 4.74 Å². The first-order valence-corrected chi connectivity index (χ1v) is 11.6. The summed E-state index contributed by atoms with van der Waals surface area (Å²) in [5, 5.41) is 10.9. The average Bonchev–Trinajstić information content (AvgIpc) is 3.26. The molecule has 0 aliphatic rings. The highest BCUT2D eigenvalue weighted by atomic mass is 16.5. The van der Waals surface area contributed by atoms with Crippen LogP contribution in [0.1, 0.15) is 41.5 Å². The lowest BCUT2D eigenvalue weighted by Gasteiger charge is -2.18. The lowest BCUT2D eigenvalue weighted by atomic mass is 10.1. The fourth-order valence-corrected chi connectivity index (χ4v) is 3.90. The number of hydrogen-bond acceptors (Lipinski definition) is 7. The summed E-state index contributed by atoms with van der Waals surface area (Å²) in [6.45, 7) is 6.38. The number of aromatic nitrogens is 5. The molecule has 11 nitrogen and oxygen atoms in total. The molecule has 188 valence electrons. The number of methoxy groups -OCH3 is 1. The molecule has 0 saturated carbocycles. The van der Waals surface area contributed by atoms with Gasteiger partial charge in [0, 0.05) is 25.1 Å². The molecule has 0 radical (unpaired) electrons. The molecule has 1 aromatic carbocycles. The van der Waals surface area contributed by atoms with E-state index >= 15 is 0 Å². The molecule has 0 aliphatic heterocycles. The third-order valence-corrected chi connectivity index (χ3v) is 5.76. The predicted octanol–water partition coefficient (Wildman–Crippen LogP) is 2.68. The smallest absolute Gasteiger partial charge is 0.330 e. The summed E-state index contributed by atoms with van der Waals surface area (Å²) in [7, 11) is 1.51. The third kappa shape index (κ3) is 5.05. The summed E-state index contributed by atoms with van der Waals surface area (Å²) < 4.78 is 8.19. The van der Waals surface area contributed by atoms with Crippen LogP contribution in [-0.4, -0.2) is 43.9 Å². The molecular formula is C25H29N7O4. The molecule has 3 heterocycles. The molecule has 11 heteroatoms. The number of pyridine rings is 1. The van der Waals surface area contributed by atoms with Gasteiger partial charge < -0.3 is 15.4 Å². The summed E-state index contributed by atoms with van der Waals surface area (Å²) >= 11 is 0. The number of anilines is 2. The van der Waals surface area contributed by atoms with Gasteiger partial charge in [0.05, 0.1) is 30.6 Å². The molecule has 0 spiro atoms. The van der Waals surface area contributed by atoms with Crippen LogP contribution in [0.5, 0.6) is 0 Å². The number of aromatic amines is 1. The van der Waals surface area contributed by atoms with Gasteiger partial charge in [-0.3, -0.25) is 19.1 Å². The topological polar surface area (TPSA) is 136 Å². The van der Waals surface area contributed by atoms with Gasteiger partial charge in [0.2, 0.25) is 0 Å². The van der Waals surface area contributed by atoms with Gasteiger partial charge in [0.15, 0.2) is 5.65 Å². The highest BCUT2D eigenvalue weighted by Gasteiger charge is 2.21. The Labute approximate surface area is 207 Å². The molecule has 0 atom stereocenters. The maximum absolute atomic E-state index is 13.4. The van der Waals surface area contributed by atoms with Crippen LogP contribution in [0.15, 0.2) is 52.2 Å². The zero-order valence-corrected chi connectivity index (χ0v) is 20.7. The molecule has 0 fully saturated rings. The first-order chi connectivity index (χ1) is 17.3. The molecular weight excluding hydrogens is 462 g/mol. The highest BCUT2D eigenvalue weighted by molar-refractivity contribution is 6.07. The number of aryl methyl sites for hydroxylation is 1. The zero-order valence-electron chi connectivity index (χ0n) is 20.7. The molecule has 3 N–H and O–H groups in total. The first-order valence-electron chi connectivity index (χ1n) is 11.6. The number of carbonyl (C=O) groups is 1. The number of rotatable bonds is 9. The minimum absolute atomic E-state index is 0.0547. The van der Waals surface area contributed by atoms with Crippen LogP contribution in [0, 0.1) is 6.92 Å². The standard InChI is InChI=1S/C25H29N7O4/c1-15(2)32-21-18(14-27-32)12-19(16(3)28-21)23(33)29-22-20(26-13-17-8-6-5-7-9-17)24(34)30-25(35)31(22)10-11-36-4/h5-9,12,14-15,26H,10-11,13H2,1-4H3,(H,29,33)(H,30,34,35). The van der Waals surface area contributed by atoms with Crippen molar-refractivity contribution in [2.75, 3.05) is 24.4 Å². The van der Waals surface area contributed by atoms with Gasteiger partial charge in [-0.1, -0.05) is 30.3 Å². The van der Waals surface area contributed by atoms with E-state index in [1.807, 2.05) is 44.2 Å². The fourth-order valence-electron chi connectivity index (χ4n) is 3.90. The molecule has 0 saturated heterocycles. The molecule has 36 heavy (non-hydrogen) atoms. The van der Waals surface area contributed by atoms with E-state index in [0.29, 0.717) is 28.8 Å². The number of amides is 1. The first kappa shape index (κ1) is 24.9. The van der Waals surface area contributed by atoms with Crippen LogP contribution in [-0.2, 0) is 17.8 Å². The predicted molar refractivity (Wildman–Crippen MR) is 138 cm³/mol. The number of nitrogens with one attached hydrogen (secondary N) is 3. The van der Waals surface area contributed by atoms with Crippen LogP contribution < -0.4 is 21.9 Å². The van der Waals surface area contributed by atoms with Crippen molar-refractivity contribution in [3.63, 3.8) is 0 Å². The van der Waals surface area contributed by atoms with Gasteiger partial charge in [-0.25, -0.2) is 14.5 Å². The van der Waals surface area contributed by atoms with Crippen LogP contribution in [0.3, 0.4) is 0 Å². The van der Waals surface area contributed by atoms with E-state index in [9.17, 15) is 14.4 Å². The van der Waals surface area contributed by atoms with Crippen molar-refractivity contribution in [2.45, 2.75) is 39.9 Å². The van der Waals surface area contributed by atoms with E-state index in [1.54, 1.807) is 23.9 Å². The van der Waals surface area contributed by atoms with Gasteiger partial charge >= 0.3 is 5.69 Å². The second kappa shape index (κ2) is 10.6. The maximum atomic E-state index is 13.4. The Hall–Kier alpha value is -4.25. The largest absolute Gasteiger partial charge is 0.383 e. The number of hydrogen-bond donors (Lipinski definition) is 3. The van der Waals surface area contributed by atoms with Crippen molar-refractivity contribution >= 4 is 28.4 Å². The van der Waals surface area contributed by atoms with Gasteiger partial charge in [0.1, 0.15) is 11.5 Å². The van der Waals surface area contributed by atoms with Crippen LogP contribution in [0.4, 0.5) is 11.5 Å². The lowest BCUT2D eigenvalue weighted by molar-refractivity contribution is 0.102. The quantitative estimate of drug-likeness (QED) is 0.327. The Kier molecular flexibility index (Phi) is 7.30. The summed E-state index contributed by atoms with van der Waals surface area (Å²) in [5.41, 5.74) is 1.20. The molecule has 0 unspecified atom stereocenters. The summed E-state index contributed by atoms with van der Waals surface area (Å²) in [6.07, 6.45) is 1.66. The average molecular weight is 492 g/mol. The fraction of sp³-hybridized carbons (Fsp3) is 0.320. The van der Waals surface area contributed by atoms with Gasteiger partial charge in [-0.2, -0.15) is 5.10 Å². The molecule has 3 aromatic heterocycles. The number of carbonyl (C=O) groups excluding carboxylic acids is 1. The van der Waals surface area contributed by atoms with Crippen molar-refractivity contribution in [3.05, 3.63) is 80.3 Å². The summed E-state index contributed by atoms with van der Waals surface area (Å²) in [6, 6.07) is 11.3. The van der Waals surface area contributed by atoms with Crippen LogP contribution in [0.2, 0.25) is 0 Å². The Morgan fingerprint density at radius 1 is 1.19 bits per heavy atom. The molecule has 4 aromatic rings. The maximum Gasteiger partial charge on any atom is 0.330 e. The van der Waals surface area contributed by atoms with Crippen LogP contribution >= 0.6 is 0 Å². The lowest BCUT2D eigenvalue weighted by Crippen LogP contribution is -2.36. The molecule has 4 rings (SSSR count). The van der Waals surface area contributed by atoms with E-state index in [-0.39, 0.29) is 30.7 Å². The summed E-state index contributed by atoms with van der Waals surface area (Å²) in [5.74, 6) is -0.447. The minimum Gasteiger partial charge on any atom is -0.383 e. The monoisotopic (exact) mass is 491 g/mol. The molecule has 0 bridgehead atoms. The minimum atomic E-state index is -0.652. The number of ether oxygens (including phenoxy) is 1. The van der Waals surface area contributed by atoms with E-state index < -0.39 is 17.2 Å². The Morgan fingerprint density at radius 3 is 2.64 bits per heavy atom. The van der Waals surface area contributed by atoms with Gasteiger partial charge in [0.25, 0.3) is 11.5 Å². The van der Waals surface area contributed by atoms with Crippen molar-refractivity contribution < 1.29 is 9.53 Å². The Morgan fingerprint density at radius 2 is 1.94 bits per heavy atom. The summed E-state index contributed by atoms with van der Waals surface area (Å²) in [4.78, 5) is 45.8. The normalized spacial score (nSPS) is 11.2. The second-order valence-corrected chi connectivity index (χ2v) is 8.64. The number of H-pyrrole nitrogens is 1. The van der Waals surface area contributed by atoms with Crippen molar-refractivity contribution in [2.24, 2.45) is 0 Å². The SMILES string of the molecule is COCCn1c(NC(=O)c2cc3cnn(C(C)C)c3nc2C)c(NCc2ccccc2)c(=O)[nH]c1=O. The number of benzene rings is 1. The Bertz CT molecular complexity index is 1500. The molecule has 1 amide bonds. The van der Waals surface area contributed by atoms with E-state index in [2.05, 4.69) is 25.7 Å². The zero-order chi connectivity index (χ0) is 25.8. The van der Waals surface area contributed by atoms with Crippen molar-refractivity contribution in [1.29, 1.82) is 0 Å². The van der Waals surface area contributed by atoms with Crippen molar-refractivity contribution in [1.82, 2.24) is 24.3 Å². The Balaban J connectivity index is 1.74. The number of fused-ring (bicyclic) bond motifs is 1. The second-order valence-electron chi connectivity index (χ2n) is 8.64. The van der Waals surface area contributed by atoms with Crippen LogP contribution in [0.25, 0.3) is 11.0 Å². The van der Waals surface area contributed by atoms with E-state index in [1.165, 1.54) is 11.7 Å². The van der Waals surface area contributed by atoms with Gasteiger partial charge in [-0.05, 0) is 32.4 Å². The van der Waals surface area contributed by atoms with Gasteiger partial charge in [-0.15, -0.1) is 0 Å². The highest BCUT2D eigenvalue weighted by Crippen LogP contribution is 2.22.